The van der Waals surface area contributed by atoms with Gasteiger partial charge in [-0.1, -0.05) is 6.07 Å². The lowest BCUT2D eigenvalue weighted by Crippen LogP contribution is -2.16. The maximum Gasteiger partial charge on any atom is 0.161 e. The van der Waals surface area contributed by atoms with Crippen LogP contribution in [0.4, 0.5) is 0 Å². The molecule has 0 saturated heterocycles. The standard InChI is InChI=1S/C17H27NO3/c1-3-21-17-11-15(7-8-16(17)19-2)12-18-9-4-10-20-13-14-5-6-14/h7-8,11,14,18H,3-6,9-10,12-13H2,1-2H3. The Labute approximate surface area is 127 Å². The highest BCUT2D eigenvalue weighted by molar-refractivity contribution is 5.42. The zero-order valence-electron chi connectivity index (χ0n) is 13.2. The van der Waals surface area contributed by atoms with Crippen molar-refractivity contribution >= 4 is 0 Å². The van der Waals surface area contributed by atoms with Crippen molar-refractivity contribution in [1.82, 2.24) is 5.32 Å². The first-order valence-corrected chi connectivity index (χ1v) is 7.91. The summed E-state index contributed by atoms with van der Waals surface area (Å²) in [6.45, 7) is 6.25. The number of nitrogens with one attached hydrogen (secondary N) is 1. The van der Waals surface area contributed by atoms with Crippen LogP contribution in [0.2, 0.25) is 0 Å². The molecule has 4 heteroatoms. The third-order valence-electron chi connectivity index (χ3n) is 3.55. The Balaban J connectivity index is 1.63. The molecule has 1 aromatic rings. The smallest absolute Gasteiger partial charge is 0.161 e. The van der Waals surface area contributed by atoms with Crippen molar-refractivity contribution < 1.29 is 14.2 Å². The van der Waals surface area contributed by atoms with Crippen molar-refractivity contribution in [2.24, 2.45) is 5.92 Å². The van der Waals surface area contributed by atoms with E-state index in [-0.39, 0.29) is 0 Å². The molecule has 0 aromatic heterocycles. The molecule has 21 heavy (non-hydrogen) atoms. The predicted molar refractivity (Wildman–Crippen MR) is 84.0 cm³/mol. The van der Waals surface area contributed by atoms with Gasteiger partial charge in [0.1, 0.15) is 0 Å². The van der Waals surface area contributed by atoms with Crippen LogP contribution in [0.3, 0.4) is 0 Å². The van der Waals surface area contributed by atoms with Crippen molar-refractivity contribution in [3.8, 4) is 11.5 Å². The van der Waals surface area contributed by atoms with Gasteiger partial charge in [0.15, 0.2) is 11.5 Å². The first-order chi connectivity index (χ1) is 10.3. The van der Waals surface area contributed by atoms with Crippen LogP contribution in [0.5, 0.6) is 11.5 Å². The molecule has 0 bridgehead atoms. The summed E-state index contributed by atoms with van der Waals surface area (Å²) in [6, 6.07) is 6.07. The molecule has 1 aliphatic rings. The zero-order chi connectivity index (χ0) is 14.9. The Bertz CT molecular complexity index is 418. The SMILES string of the molecule is CCOc1cc(CNCCCOCC2CC2)ccc1OC. The van der Waals surface area contributed by atoms with Crippen LogP contribution < -0.4 is 14.8 Å². The van der Waals surface area contributed by atoms with Crippen molar-refractivity contribution in [2.75, 3.05) is 33.5 Å². The molecular weight excluding hydrogens is 266 g/mol. The monoisotopic (exact) mass is 293 g/mol. The molecule has 1 saturated carbocycles. The molecule has 118 valence electrons. The van der Waals surface area contributed by atoms with Crippen molar-refractivity contribution in [1.29, 1.82) is 0 Å². The fourth-order valence-corrected chi connectivity index (χ4v) is 2.17. The number of hydrogen-bond acceptors (Lipinski definition) is 4. The second kappa shape index (κ2) is 8.90. The molecule has 1 N–H and O–H groups in total. The van der Waals surface area contributed by atoms with E-state index in [1.54, 1.807) is 7.11 Å². The maximum absolute atomic E-state index is 5.61. The van der Waals surface area contributed by atoms with Crippen LogP contribution in [0.25, 0.3) is 0 Å². The second-order valence-corrected chi connectivity index (χ2v) is 5.47. The summed E-state index contributed by atoms with van der Waals surface area (Å²) in [5.41, 5.74) is 1.21. The summed E-state index contributed by atoms with van der Waals surface area (Å²) < 4.78 is 16.5. The van der Waals surface area contributed by atoms with Gasteiger partial charge in [0, 0.05) is 19.8 Å². The molecule has 4 nitrogen and oxygen atoms in total. The van der Waals surface area contributed by atoms with Gasteiger partial charge in [0.25, 0.3) is 0 Å². The quantitative estimate of drug-likeness (QED) is 0.637. The van der Waals surface area contributed by atoms with Gasteiger partial charge in [-0.25, -0.2) is 0 Å². The first kappa shape index (κ1) is 16.1. The topological polar surface area (TPSA) is 39.7 Å². The van der Waals surface area contributed by atoms with E-state index in [2.05, 4.69) is 11.4 Å². The van der Waals surface area contributed by atoms with Crippen molar-refractivity contribution in [3.05, 3.63) is 23.8 Å². The lowest BCUT2D eigenvalue weighted by Gasteiger charge is -2.11. The molecular formula is C17H27NO3. The Kier molecular flexibility index (Phi) is 6.83. The largest absolute Gasteiger partial charge is 0.493 e. The molecule has 1 aliphatic carbocycles. The molecule has 0 heterocycles. The summed E-state index contributed by atoms with van der Waals surface area (Å²) in [5.74, 6) is 2.45. The molecule has 0 aliphatic heterocycles. The normalized spacial score (nSPS) is 14.2. The summed E-state index contributed by atoms with van der Waals surface area (Å²) in [6.07, 6.45) is 3.77. The van der Waals surface area contributed by atoms with Crippen LogP contribution in [-0.2, 0) is 11.3 Å². The van der Waals surface area contributed by atoms with Crippen LogP contribution >= 0.6 is 0 Å². The van der Waals surface area contributed by atoms with Crippen molar-refractivity contribution in [2.45, 2.75) is 32.7 Å². The number of methoxy groups -OCH3 is 1. The van der Waals surface area contributed by atoms with Gasteiger partial charge in [-0.3, -0.25) is 0 Å². The Morgan fingerprint density at radius 2 is 2.10 bits per heavy atom. The van der Waals surface area contributed by atoms with E-state index in [1.165, 1.54) is 18.4 Å². The maximum atomic E-state index is 5.61. The third kappa shape index (κ3) is 5.94. The van der Waals surface area contributed by atoms with Gasteiger partial charge in [0.05, 0.1) is 13.7 Å². The molecule has 0 spiro atoms. The summed E-state index contributed by atoms with van der Waals surface area (Å²) in [5, 5.41) is 3.44. The van der Waals surface area contributed by atoms with Crippen molar-refractivity contribution in [3.63, 3.8) is 0 Å². The molecule has 0 radical (unpaired) electrons. The lowest BCUT2D eigenvalue weighted by atomic mass is 10.2. The minimum absolute atomic E-state index is 0.644. The van der Waals surface area contributed by atoms with E-state index < -0.39 is 0 Å². The van der Waals surface area contributed by atoms with Crippen LogP contribution in [-0.4, -0.2) is 33.5 Å². The highest BCUT2D eigenvalue weighted by atomic mass is 16.5. The van der Waals surface area contributed by atoms with E-state index in [9.17, 15) is 0 Å². The predicted octanol–water partition coefficient (Wildman–Crippen LogP) is 3.00. The average Bonchev–Trinajstić information content (AvgIpc) is 3.31. The van der Waals surface area contributed by atoms with Crippen LogP contribution in [0, 0.1) is 5.92 Å². The molecule has 0 amide bonds. The van der Waals surface area contributed by atoms with Gasteiger partial charge in [-0.2, -0.15) is 0 Å². The van der Waals surface area contributed by atoms with Gasteiger partial charge < -0.3 is 19.5 Å². The Morgan fingerprint density at radius 3 is 2.81 bits per heavy atom. The van der Waals surface area contributed by atoms with Gasteiger partial charge in [0.2, 0.25) is 0 Å². The van der Waals surface area contributed by atoms with E-state index in [4.69, 9.17) is 14.2 Å². The average molecular weight is 293 g/mol. The van der Waals surface area contributed by atoms with E-state index in [1.807, 2.05) is 19.1 Å². The number of hydrogen-bond donors (Lipinski definition) is 1. The third-order valence-corrected chi connectivity index (χ3v) is 3.55. The van der Waals surface area contributed by atoms with Crippen LogP contribution in [0.15, 0.2) is 18.2 Å². The first-order valence-electron chi connectivity index (χ1n) is 7.91. The molecule has 2 rings (SSSR count). The van der Waals surface area contributed by atoms with E-state index in [0.717, 1.165) is 50.1 Å². The lowest BCUT2D eigenvalue weighted by molar-refractivity contribution is 0.122. The number of rotatable bonds is 11. The molecule has 0 unspecified atom stereocenters. The highest BCUT2D eigenvalue weighted by Gasteiger charge is 2.20. The summed E-state index contributed by atoms with van der Waals surface area (Å²) >= 11 is 0. The fraction of sp³-hybridized carbons (Fsp3) is 0.647. The summed E-state index contributed by atoms with van der Waals surface area (Å²) in [4.78, 5) is 0. The minimum atomic E-state index is 0.644. The van der Waals surface area contributed by atoms with Gasteiger partial charge in [-0.05, 0) is 56.3 Å². The fourth-order valence-electron chi connectivity index (χ4n) is 2.17. The number of ether oxygens (including phenoxy) is 3. The second-order valence-electron chi connectivity index (χ2n) is 5.47. The molecule has 1 aromatic carbocycles. The molecule has 0 atom stereocenters. The van der Waals surface area contributed by atoms with Crippen LogP contribution in [0.1, 0.15) is 31.7 Å². The Hall–Kier alpha value is -1.26. The zero-order valence-corrected chi connectivity index (χ0v) is 13.2. The van der Waals surface area contributed by atoms with E-state index >= 15 is 0 Å². The van der Waals surface area contributed by atoms with Gasteiger partial charge in [-0.15, -0.1) is 0 Å². The highest BCUT2D eigenvalue weighted by Crippen LogP contribution is 2.29. The Morgan fingerprint density at radius 1 is 1.24 bits per heavy atom. The minimum Gasteiger partial charge on any atom is -0.493 e. The van der Waals surface area contributed by atoms with E-state index in [0.29, 0.717) is 6.61 Å². The summed E-state index contributed by atoms with van der Waals surface area (Å²) in [7, 11) is 1.66. The number of benzene rings is 1. The molecule has 1 fully saturated rings. The van der Waals surface area contributed by atoms with Gasteiger partial charge >= 0.3 is 0 Å².